The molecule has 0 saturated carbocycles. The number of rotatable bonds is 10. The molecule has 1 N–H and O–H groups in total. The summed E-state index contributed by atoms with van der Waals surface area (Å²) in [6, 6.07) is 10.6. The van der Waals surface area contributed by atoms with Crippen LogP contribution in [0, 0.1) is 5.92 Å². The Bertz CT molecular complexity index is 553. The quantitative estimate of drug-likeness (QED) is 0.268. The molecule has 1 rings (SSSR count). The zero-order chi connectivity index (χ0) is 18.9. The summed E-state index contributed by atoms with van der Waals surface area (Å²) in [5.41, 5.74) is 1.38. The van der Waals surface area contributed by atoms with Gasteiger partial charge in [0.15, 0.2) is 0 Å². The van der Waals surface area contributed by atoms with E-state index in [1.54, 1.807) is 0 Å². The fourth-order valence-electron chi connectivity index (χ4n) is 2.69. The van der Waals surface area contributed by atoms with Gasteiger partial charge in [-0.3, -0.25) is 0 Å². The van der Waals surface area contributed by atoms with Crippen molar-refractivity contribution in [3.05, 3.63) is 52.6 Å². The fourth-order valence-corrected chi connectivity index (χ4v) is 5.73. The van der Waals surface area contributed by atoms with Crippen molar-refractivity contribution >= 4 is 19.8 Å². The van der Waals surface area contributed by atoms with E-state index in [-0.39, 0.29) is 6.10 Å². The first kappa shape index (κ1) is 22.3. The smallest absolute Gasteiger partial charge is 0.0857 e. The molecule has 0 aliphatic heterocycles. The van der Waals surface area contributed by atoms with Crippen molar-refractivity contribution in [3.63, 3.8) is 0 Å². The largest absolute Gasteiger partial charge is 0.393 e. The van der Waals surface area contributed by atoms with Gasteiger partial charge in [0.25, 0.3) is 0 Å². The minimum atomic E-state index is -1.40. The van der Waals surface area contributed by atoms with E-state index in [0.29, 0.717) is 5.92 Å². The van der Waals surface area contributed by atoms with E-state index in [0.717, 1.165) is 25.7 Å². The van der Waals surface area contributed by atoms with Gasteiger partial charge in [-0.05, 0) is 62.1 Å². The highest BCUT2D eigenvalue weighted by Gasteiger charge is 2.21. The second kappa shape index (κ2) is 11.0. The third-order valence-electron chi connectivity index (χ3n) is 4.17. The summed E-state index contributed by atoms with van der Waals surface area (Å²) in [4.78, 5) is 1.29. The molecule has 2 unspecified atom stereocenters. The Hall–Kier alpha value is -0.773. The summed E-state index contributed by atoms with van der Waals surface area (Å²) in [6.07, 6.45) is 8.31. The topological polar surface area (TPSA) is 20.2 Å². The Morgan fingerprint density at radius 2 is 1.76 bits per heavy atom. The molecule has 0 heterocycles. The van der Waals surface area contributed by atoms with E-state index in [4.69, 9.17) is 0 Å². The SMILES string of the molecule is CC(C)=CCCC(C)CC(O)C/C=C(\Sc1ccccc1)[Si](C)(C)C. The van der Waals surface area contributed by atoms with E-state index < -0.39 is 8.07 Å². The normalized spacial score (nSPS) is 14.9. The van der Waals surface area contributed by atoms with Crippen LogP contribution in [-0.2, 0) is 0 Å². The van der Waals surface area contributed by atoms with Crippen LogP contribution in [0.4, 0.5) is 0 Å². The maximum Gasteiger partial charge on any atom is 0.0857 e. The van der Waals surface area contributed by atoms with E-state index in [2.05, 4.69) is 82.9 Å². The third-order valence-corrected chi connectivity index (χ3v) is 8.89. The van der Waals surface area contributed by atoms with E-state index in [1.807, 2.05) is 11.8 Å². The molecule has 0 aliphatic rings. The number of hydrogen-bond donors (Lipinski definition) is 1. The molecule has 140 valence electrons. The first-order valence-electron chi connectivity index (χ1n) is 9.43. The van der Waals surface area contributed by atoms with E-state index in [1.165, 1.54) is 15.0 Å². The summed E-state index contributed by atoms with van der Waals surface area (Å²) in [5.74, 6) is 0.566. The first-order valence-corrected chi connectivity index (χ1v) is 13.7. The summed E-state index contributed by atoms with van der Waals surface area (Å²) in [6.45, 7) is 13.7. The lowest BCUT2D eigenvalue weighted by atomic mass is 9.96. The zero-order valence-corrected chi connectivity index (χ0v) is 18.7. The molecular formula is C22H36OSSi. The van der Waals surface area contributed by atoms with E-state index in [9.17, 15) is 5.11 Å². The van der Waals surface area contributed by atoms with Gasteiger partial charge in [-0.25, -0.2) is 0 Å². The summed E-state index contributed by atoms with van der Waals surface area (Å²) in [7, 11) is -1.40. The highest BCUT2D eigenvalue weighted by Crippen LogP contribution is 2.34. The first-order chi connectivity index (χ1) is 11.7. The van der Waals surface area contributed by atoms with Crippen LogP contribution in [0.1, 0.15) is 46.5 Å². The number of thioether (sulfide) groups is 1. The molecule has 0 amide bonds. The molecule has 1 nitrogen and oxygen atoms in total. The van der Waals surface area contributed by atoms with Crippen LogP contribution >= 0.6 is 11.8 Å². The number of aliphatic hydroxyl groups is 1. The molecule has 0 radical (unpaired) electrons. The van der Waals surface area contributed by atoms with Crippen molar-refractivity contribution in [2.75, 3.05) is 0 Å². The Morgan fingerprint density at radius 3 is 2.32 bits per heavy atom. The molecule has 0 bridgehead atoms. The van der Waals surface area contributed by atoms with Gasteiger partial charge in [0, 0.05) is 4.90 Å². The molecule has 1 aromatic carbocycles. The van der Waals surface area contributed by atoms with Gasteiger partial charge in [-0.15, -0.1) is 0 Å². The molecule has 0 saturated heterocycles. The standard InChI is InChI=1S/C22H36OSSi/c1-18(2)11-10-12-19(3)17-20(23)15-16-22(25(4,5)6)24-21-13-8-7-9-14-21/h7-9,11,13-14,16,19-20,23H,10,12,15,17H2,1-6H3/b22-16+. The predicted octanol–water partition coefficient (Wildman–Crippen LogP) is 7.06. The highest BCUT2D eigenvalue weighted by molar-refractivity contribution is 8.05. The van der Waals surface area contributed by atoms with E-state index >= 15 is 0 Å². The molecule has 25 heavy (non-hydrogen) atoms. The van der Waals surface area contributed by atoms with Crippen molar-refractivity contribution in [1.82, 2.24) is 0 Å². The van der Waals surface area contributed by atoms with Crippen molar-refractivity contribution in [2.45, 2.75) is 77.1 Å². The van der Waals surface area contributed by atoms with Gasteiger partial charge in [-0.1, -0.05) is 74.3 Å². The van der Waals surface area contributed by atoms with Crippen molar-refractivity contribution < 1.29 is 5.11 Å². The second-order valence-corrected chi connectivity index (χ2v) is 14.8. The molecule has 1 aromatic rings. The van der Waals surface area contributed by atoms with Crippen LogP contribution in [0.5, 0.6) is 0 Å². The van der Waals surface area contributed by atoms with Crippen LogP contribution in [0.25, 0.3) is 0 Å². The van der Waals surface area contributed by atoms with Gasteiger partial charge in [0.1, 0.15) is 0 Å². The van der Waals surface area contributed by atoms with Crippen molar-refractivity contribution in [1.29, 1.82) is 0 Å². The average Bonchev–Trinajstić information content (AvgIpc) is 2.50. The second-order valence-electron chi connectivity index (χ2n) is 8.32. The Kier molecular flexibility index (Phi) is 9.84. The molecular weight excluding hydrogens is 340 g/mol. The summed E-state index contributed by atoms with van der Waals surface area (Å²) in [5, 5.41) is 10.5. The van der Waals surface area contributed by atoms with Crippen LogP contribution in [0.3, 0.4) is 0 Å². The fraction of sp³-hybridized carbons (Fsp3) is 0.545. The number of aliphatic hydroxyl groups excluding tert-OH is 1. The lowest BCUT2D eigenvalue weighted by Gasteiger charge is -2.22. The number of allylic oxidation sites excluding steroid dienone is 2. The predicted molar refractivity (Wildman–Crippen MR) is 117 cm³/mol. The van der Waals surface area contributed by atoms with Crippen LogP contribution in [-0.4, -0.2) is 19.3 Å². The zero-order valence-electron chi connectivity index (χ0n) is 16.9. The number of hydrogen-bond acceptors (Lipinski definition) is 2. The highest BCUT2D eigenvalue weighted by atomic mass is 32.2. The third kappa shape index (κ3) is 10.1. The average molecular weight is 377 g/mol. The van der Waals surface area contributed by atoms with Crippen LogP contribution in [0.15, 0.2) is 57.5 Å². The van der Waals surface area contributed by atoms with Crippen molar-refractivity contribution in [2.24, 2.45) is 5.92 Å². The van der Waals surface area contributed by atoms with Gasteiger partial charge in [0.2, 0.25) is 0 Å². The minimum absolute atomic E-state index is 0.232. The maximum atomic E-state index is 10.5. The summed E-state index contributed by atoms with van der Waals surface area (Å²) < 4.78 is 1.47. The van der Waals surface area contributed by atoms with Gasteiger partial charge in [-0.2, -0.15) is 0 Å². The molecule has 0 spiro atoms. The molecule has 0 aliphatic carbocycles. The monoisotopic (exact) mass is 376 g/mol. The Morgan fingerprint density at radius 1 is 1.12 bits per heavy atom. The van der Waals surface area contributed by atoms with Crippen LogP contribution in [0.2, 0.25) is 19.6 Å². The van der Waals surface area contributed by atoms with Crippen LogP contribution < -0.4 is 0 Å². The molecule has 0 fully saturated rings. The van der Waals surface area contributed by atoms with Gasteiger partial charge >= 0.3 is 0 Å². The minimum Gasteiger partial charge on any atom is -0.393 e. The van der Waals surface area contributed by atoms with Crippen molar-refractivity contribution in [3.8, 4) is 0 Å². The van der Waals surface area contributed by atoms with Gasteiger partial charge < -0.3 is 5.11 Å². The molecule has 3 heteroatoms. The summed E-state index contributed by atoms with van der Waals surface area (Å²) >= 11 is 1.88. The number of benzene rings is 1. The Labute approximate surface area is 160 Å². The molecule has 0 aromatic heterocycles. The maximum absolute atomic E-state index is 10.5. The lowest BCUT2D eigenvalue weighted by Crippen LogP contribution is -2.22. The Balaban J connectivity index is 2.59. The lowest BCUT2D eigenvalue weighted by molar-refractivity contribution is 0.146. The van der Waals surface area contributed by atoms with Gasteiger partial charge in [0.05, 0.1) is 14.2 Å². The molecule has 2 atom stereocenters.